The third-order valence-electron chi connectivity index (χ3n) is 1.64. The van der Waals surface area contributed by atoms with Gasteiger partial charge in [0.25, 0.3) is 0 Å². The number of amides is 1. The van der Waals surface area contributed by atoms with Crippen LogP contribution < -0.4 is 0 Å². The summed E-state index contributed by atoms with van der Waals surface area (Å²) < 4.78 is 5.05. The molecule has 0 aromatic rings. The summed E-state index contributed by atoms with van der Waals surface area (Å²) >= 11 is 6.53. The van der Waals surface area contributed by atoms with Crippen LogP contribution >= 0.6 is 31.9 Å². The molecule has 3 nitrogen and oxygen atoms in total. The Morgan fingerprint density at radius 1 is 1.29 bits per heavy atom. The van der Waals surface area contributed by atoms with Crippen LogP contribution in [0.4, 0.5) is 4.79 Å². The molecule has 0 fully saturated rings. The Hall–Kier alpha value is 0.230. The van der Waals surface area contributed by atoms with Crippen molar-refractivity contribution < 1.29 is 9.53 Å². The minimum absolute atomic E-state index is 0.197. The van der Waals surface area contributed by atoms with Gasteiger partial charge in [-0.05, 0) is 20.8 Å². The normalized spacial score (nSPS) is 11.2. The number of alkyl halides is 2. The molecule has 0 saturated carbocycles. The molecule has 0 aliphatic heterocycles. The first kappa shape index (κ1) is 14.2. The first-order valence-corrected chi connectivity index (χ1v) is 6.74. The van der Waals surface area contributed by atoms with Gasteiger partial charge in [-0.1, -0.05) is 31.9 Å². The van der Waals surface area contributed by atoms with Crippen LogP contribution in [0.15, 0.2) is 0 Å². The second-order valence-electron chi connectivity index (χ2n) is 3.81. The minimum atomic E-state index is -0.253. The maximum absolute atomic E-state index is 11.6. The van der Waals surface area contributed by atoms with Gasteiger partial charge >= 0.3 is 6.09 Å². The topological polar surface area (TPSA) is 29.5 Å². The summed E-state index contributed by atoms with van der Waals surface area (Å²) in [7, 11) is 0. The summed E-state index contributed by atoms with van der Waals surface area (Å²) in [5.41, 5.74) is -0.197. The maximum atomic E-state index is 11.6. The fourth-order valence-corrected chi connectivity index (χ4v) is 1.51. The van der Waals surface area contributed by atoms with Crippen LogP contribution in [-0.2, 0) is 4.74 Å². The van der Waals surface area contributed by atoms with Gasteiger partial charge in [-0.25, -0.2) is 4.79 Å². The number of carbonyl (C=O) groups excluding carboxylic acids is 1. The molecule has 14 heavy (non-hydrogen) atoms. The molecule has 84 valence electrons. The van der Waals surface area contributed by atoms with Crippen molar-refractivity contribution in [1.82, 2.24) is 4.90 Å². The number of carbonyl (C=O) groups is 1. The molecule has 0 radical (unpaired) electrons. The van der Waals surface area contributed by atoms with E-state index in [-0.39, 0.29) is 11.6 Å². The van der Waals surface area contributed by atoms with E-state index in [4.69, 9.17) is 4.74 Å². The lowest BCUT2D eigenvalue weighted by molar-refractivity contribution is 0.0759. The number of hydrogen-bond donors (Lipinski definition) is 0. The quantitative estimate of drug-likeness (QED) is 0.741. The van der Waals surface area contributed by atoms with Crippen LogP contribution in [0.3, 0.4) is 0 Å². The predicted molar refractivity (Wildman–Crippen MR) is 65.4 cm³/mol. The first-order chi connectivity index (χ1) is 6.43. The second kappa shape index (κ2) is 6.67. The summed E-state index contributed by atoms with van der Waals surface area (Å²) in [5, 5.41) is 1.43. The van der Waals surface area contributed by atoms with E-state index < -0.39 is 0 Å². The molecule has 0 spiro atoms. The molecule has 0 aromatic carbocycles. The molecule has 0 heterocycles. The van der Waals surface area contributed by atoms with E-state index >= 15 is 0 Å². The molecule has 0 N–H and O–H groups in total. The lowest BCUT2D eigenvalue weighted by Crippen LogP contribution is -2.47. The lowest BCUT2D eigenvalue weighted by atomic mass is 10.1. The monoisotopic (exact) mass is 329 g/mol. The van der Waals surface area contributed by atoms with Gasteiger partial charge in [0.1, 0.15) is 6.61 Å². The van der Waals surface area contributed by atoms with Gasteiger partial charge in [-0.2, -0.15) is 0 Å². The fourth-order valence-electron chi connectivity index (χ4n) is 0.989. The van der Waals surface area contributed by atoms with Gasteiger partial charge in [-0.3, -0.25) is 0 Å². The summed E-state index contributed by atoms with van der Waals surface area (Å²) in [6, 6.07) is 0. The molecule has 5 heteroatoms. The number of ether oxygens (including phenoxy) is 1. The van der Waals surface area contributed by atoms with Crippen LogP contribution in [0.5, 0.6) is 0 Å². The smallest absolute Gasteiger partial charge is 0.410 e. The van der Waals surface area contributed by atoms with Crippen molar-refractivity contribution in [2.75, 3.05) is 23.8 Å². The van der Waals surface area contributed by atoms with Gasteiger partial charge < -0.3 is 9.64 Å². The molecule has 0 atom stereocenters. The highest BCUT2D eigenvalue weighted by molar-refractivity contribution is 9.09. The van der Waals surface area contributed by atoms with Crippen molar-refractivity contribution in [3.8, 4) is 0 Å². The van der Waals surface area contributed by atoms with E-state index in [2.05, 4.69) is 31.9 Å². The maximum Gasteiger partial charge on any atom is 0.410 e. The highest BCUT2D eigenvalue weighted by atomic mass is 79.9. The van der Waals surface area contributed by atoms with E-state index in [1.807, 2.05) is 20.8 Å². The van der Waals surface area contributed by atoms with Crippen molar-refractivity contribution >= 4 is 38.0 Å². The Labute approximate surface area is 102 Å². The van der Waals surface area contributed by atoms with E-state index in [1.54, 1.807) is 4.90 Å². The SMILES string of the molecule is CC(C)(C)N(CCBr)C(=O)OCCBr. The van der Waals surface area contributed by atoms with Crippen molar-refractivity contribution in [3.05, 3.63) is 0 Å². The predicted octanol–water partition coefficient (Wildman–Crippen LogP) is 3.01. The lowest BCUT2D eigenvalue weighted by Gasteiger charge is -2.34. The number of rotatable bonds is 4. The van der Waals surface area contributed by atoms with Crippen LogP contribution in [0.1, 0.15) is 20.8 Å². The van der Waals surface area contributed by atoms with E-state index in [0.717, 1.165) is 5.33 Å². The van der Waals surface area contributed by atoms with Crippen LogP contribution in [0.2, 0.25) is 0 Å². The Morgan fingerprint density at radius 3 is 2.21 bits per heavy atom. The van der Waals surface area contributed by atoms with Gasteiger partial charge in [0, 0.05) is 22.7 Å². The van der Waals surface area contributed by atoms with E-state index in [9.17, 15) is 4.79 Å². The first-order valence-electron chi connectivity index (χ1n) is 4.49. The molecular formula is C9H17Br2NO2. The molecule has 1 amide bonds. The number of hydrogen-bond acceptors (Lipinski definition) is 2. The van der Waals surface area contributed by atoms with Gasteiger partial charge in [0.05, 0.1) is 0 Å². The standard InChI is InChI=1S/C9H17Br2NO2/c1-9(2,3)12(6-4-10)8(13)14-7-5-11/h4-7H2,1-3H3. The van der Waals surface area contributed by atoms with Crippen LogP contribution in [-0.4, -0.2) is 40.3 Å². The highest BCUT2D eigenvalue weighted by Gasteiger charge is 2.26. The largest absolute Gasteiger partial charge is 0.449 e. The number of nitrogens with zero attached hydrogens (tertiary/aromatic N) is 1. The molecule has 0 saturated heterocycles. The van der Waals surface area contributed by atoms with E-state index in [0.29, 0.717) is 18.5 Å². The molecule has 0 aliphatic carbocycles. The summed E-state index contributed by atoms with van der Waals surface area (Å²) in [4.78, 5) is 13.3. The molecule has 0 rings (SSSR count). The minimum Gasteiger partial charge on any atom is -0.449 e. The zero-order valence-electron chi connectivity index (χ0n) is 8.85. The Bertz CT molecular complexity index is 180. The third-order valence-corrected chi connectivity index (χ3v) is 2.32. The average Bonchev–Trinajstić information content (AvgIpc) is 2.08. The van der Waals surface area contributed by atoms with Crippen molar-refractivity contribution in [1.29, 1.82) is 0 Å². The Balaban J connectivity index is 4.26. The highest BCUT2D eigenvalue weighted by Crippen LogP contribution is 2.14. The summed E-state index contributed by atoms with van der Waals surface area (Å²) in [6.45, 7) is 7.04. The number of halogens is 2. The average molecular weight is 331 g/mol. The second-order valence-corrected chi connectivity index (χ2v) is 5.40. The Morgan fingerprint density at radius 2 is 1.86 bits per heavy atom. The van der Waals surface area contributed by atoms with Gasteiger partial charge in [-0.15, -0.1) is 0 Å². The van der Waals surface area contributed by atoms with E-state index in [1.165, 1.54) is 0 Å². The van der Waals surface area contributed by atoms with Gasteiger partial charge in [0.15, 0.2) is 0 Å². The molecule has 0 unspecified atom stereocenters. The van der Waals surface area contributed by atoms with Crippen LogP contribution in [0.25, 0.3) is 0 Å². The zero-order valence-corrected chi connectivity index (χ0v) is 12.0. The molecule has 0 aliphatic rings. The zero-order chi connectivity index (χ0) is 11.2. The molecule has 0 aromatic heterocycles. The summed E-state index contributed by atoms with van der Waals surface area (Å²) in [6.07, 6.45) is -0.253. The Kier molecular flexibility index (Phi) is 6.78. The molecular weight excluding hydrogens is 314 g/mol. The van der Waals surface area contributed by atoms with Crippen molar-refractivity contribution in [2.45, 2.75) is 26.3 Å². The summed E-state index contributed by atoms with van der Waals surface area (Å²) in [5.74, 6) is 0. The molecule has 0 bridgehead atoms. The van der Waals surface area contributed by atoms with Crippen LogP contribution in [0, 0.1) is 0 Å². The van der Waals surface area contributed by atoms with Crippen molar-refractivity contribution in [2.24, 2.45) is 0 Å². The van der Waals surface area contributed by atoms with Gasteiger partial charge in [0.2, 0.25) is 0 Å². The van der Waals surface area contributed by atoms with Crippen molar-refractivity contribution in [3.63, 3.8) is 0 Å². The fraction of sp³-hybridized carbons (Fsp3) is 0.889. The third kappa shape index (κ3) is 5.20.